The molecule has 3 saturated heterocycles. The Balaban J connectivity index is 1.22. The highest BCUT2D eigenvalue weighted by atomic mass is 16.6. The van der Waals surface area contributed by atoms with Crippen LogP contribution in [0.4, 0.5) is 0 Å². The third-order valence-corrected chi connectivity index (χ3v) is 7.90. The minimum atomic E-state index is -0.959. The molecular formula is C22H45N7O4. The number of hydrogen-bond donors (Lipinski definition) is 6. The van der Waals surface area contributed by atoms with Crippen molar-refractivity contribution in [1.29, 1.82) is 0 Å². The molecule has 9 atom stereocenters. The molecule has 0 aromatic carbocycles. The fraction of sp³-hybridized carbons (Fsp3) is 1.00. The number of methoxy groups -OCH3 is 1. The van der Waals surface area contributed by atoms with Crippen molar-refractivity contribution in [2.45, 2.75) is 74.7 Å². The van der Waals surface area contributed by atoms with E-state index in [-0.39, 0.29) is 18.4 Å². The SMILES string of the molecule is COC1CCCC(CN(C)CCN(C)C[C@H]2O[C@@H](N3CNC4C(N)NCNC43)[C@H](O)[C@@H]2O)C1. The van der Waals surface area contributed by atoms with E-state index in [1.165, 1.54) is 19.3 Å². The second kappa shape index (κ2) is 11.5. The van der Waals surface area contributed by atoms with E-state index >= 15 is 0 Å². The molecule has 1 saturated carbocycles. The maximum absolute atomic E-state index is 10.7. The van der Waals surface area contributed by atoms with Crippen molar-refractivity contribution in [3.05, 3.63) is 0 Å². The van der Waals surface area contributed by atoms with Gasteiger partial charge in [0.2, 0.25) is 0 Å². The normalized spacial score (nSPS) is 42.4. The van der Waals surface area contributed by atoms with Crippen molar-refractivity contribution in [2.75, 3.05) is 60.7 Å². The Kier molecular flexibility index (Phi) is 8.96. The van der Waals surface area contributed by atoms with Gasteiger partial charge in [0.1, 0.15) is 24.5 Å². The number of nitrogens with one attached hydrogen (secondary N) is 3. The zero-order valence-corrected chi connectivity index (χ0v) is 20.4. The van der Waals surface area contributed by atoms with Gasteiger partial charge in [-0.1, -0.05) is 6.42 Å². The van der Waals surface area contributed by atoms with Crippen LogP contribution in [0.15, 0.2) is 0 Å². The van der Waals surface area contributed by atoms with E-state index in [0.29, 0.717) is 31.9 Å². The monoisotopic (exact) mass is 471 g/mol. The first-order valence-corrected chi connectivity index (χ1v) is 12.5. The van der Waals surface area contributed by atoms with E-state index in [2.05, 4.69) is 32.8 Å². The predicted octanol–water partition coefficient (Wildman–Crippen LogP) is -2.51. The molecule has 11 heteroatoms. The average Bonchev–Trinajstić information content (AvgIpc) is 3.35. The van der Waals surface area contributed by atoms with Crippen molar-refractivity contribution in [1.82, 2.24) is 30.7 Å². The van der Waals surface area contributed by atoms with E-state index in [1.54, 1.807) is 0 Å². The Morgan fingerprint density at radius 3 is 2.58 bits per heavy atom. The summed E-state index contributed by atoms with van der Waals surface area (Å²) >= 11 is 0. The van der Waals surface area contributed by atoms with Crippen molar-refractivity contribution in [3.63, 3.8) is 0 Å². The summed E-state index contributed by atoms with van der Waals surface area (Å²) in [5.74, 6) is 0.699. The van der Waals surface area contributed by atoms with Gasteiger partial charge in [0.05, 0.1) is 31.1 Å². The van der Waals surface area contributed by atoms with Crippen LogP contribution in [0.1, 0.15) is 25.7 Å². The molecule has 0 bridgehead atoms. The Hall–Kier alpha value is -0.440. The van der Waals surface area contributed by atoms with Crippen LogP contribution in [0.2, 0.25) is 0 Å². The number of rotatable bonds is 9. The van der Waals surface area contributed by atoms with E-state index in [1.807, 2.05) is 19.1 Å². The molecule has 33 heavy (non-hydrogen) atoms. The van der Waals surface area contributed by atoms with Crippen molar-refractivity contribution in [2.24, 2.45) is 11.7 Å². The predicted molar refractivity (Wildman–Crippen MR) is 125 cm³/mol. The Labute approximate surface area is 197 Å². The molecule has 0 aromatic rings. The van der Waals surface area contributed by atoms with Gasteiger partial charge in [-0.15, -0.1) is 0 Å². The number of aliphatic hydroxyl groups excluding tert-OH is 2. The Morgan fingerprint density at radius 1 is 1.06 bits per heavy atom. The first kappa shape index (κ1) is 25.6. The van der Waals surface area contributed by atoms with E-state index in [0.717, 1.165) is 26.1 Å². The van der Waals surface area contributed by atoms with Gasteiger partial charge >= 0.3 is 0 Å². The first-order valence-electron chi connectivity index (χ1n) is 12.5. The summed E-state index contributed by atoms with van der Waals surface area (Å²) in [6.45, 7) is 4.63. The molecule has 4 aliphatic rings. The summed E-state index contributed by atoms with van der Waals surface area (Å²) < 4.78 is 11.8. The number of aliphatic hydroxyl groups is 2. The van der Waals surface area contributed by atoms with Gasteiger partial charge in [-0.25, -0.2) is 4.90 Å². The number of ether oxygens (including phenoxy) is 2. The molecular weight excluding hydrogens is 426 g/mol. The maximum Gasteiger partial charge on any atom is 0.142 e. The highest BCUT2D eigenvalue weighted by Gasteiger charge is 2.51. The molecule has 3 aliphatic heterocycles. The first-order chi connectivity index (χ1) is 15.9. The number of nitrogens with two attached hydrogens (primary N) is 1. The van der Waals surface area contributed by atoms with Crippen LogP contribution in [-0.4, -0.2) is 135 Å². The third kappa shape index (κ3) is 6.04. The van der Waals surface area contributed by atoms with Crippen LogP contribution in [0.25, 0.3) is 0 Å². The van der Waals surface area contributed by atoms with Gasteiger partial charge in [-0.3, -0.25) is 16.0 Å². The van der Waals surface area contributed by atoms with Gasteiger partial charge in [-0.2, -0.15) is 0 Å². The number of likely N-dealkylation sites (N-methyl/N-ethyl adjacent to an activating group) is 2. The largest absolute Gasteiger partial charge is 0.387 e. The highest BCUT2D eigenvalue weighted by Crippen LogP contribution is 2.29. The molecule has 1 aliphatic carbocycles. The molecule has 0 aromatic heterocycles. The number of nitrogens with zero attached hydrogens (tertiary/aromatic N) is 3. The molecule has 0 amide bonds. The standard InChI is InChI=1S/C22H45N7O4/c1-27(10-14-5-4-6-15(9-14)32-3)7-8-28(2)11-16-18(30)19(31)22(33-16)29-13-26-17-20(23)24-12-25-21(17)29/h14-22,24-26,30-31H,4-13,23H2,1-3H3/t14?,15?,16-,17?,18-,19-,20?,21?,22-/m1/s1. The lowest BCUT2D eigenvalue weighted by Gasteiger charge is -2.38. The van der Waals surface area contributed by atoms with E-state index in [9.17, 15) is 10.2 Å². The molecule has 0 radical (unpaired) electrons. The summed E-state index contributed by atoms with van der Waals surface area (Å²) in [5, 5.41) is 31.4. The topological polar surface area (TPSA) is 131 Å². The number of fused-ring (bicyclic) bond motifs is 1. The summed E-state index contributed by atoms with van der Waals surface area (Å²) in [6, 6.07) is 0.0206. The van der Waals surface area contributed by atoms with Gasteiger partial charge in [0.25, 0.3) is 0 Å². The van der Waals surface area contributed by atoms with Gasteiger partial charge in [0, 0.05) is 40.0 Å². The quantitative estimate of drug-likeness (QED) is 0.213. The highest BCUT2D eigenvalue weighted by molar-refractivity contribution is 5.01. The molecule has 4 fully saturated rings. The fourth-order valence-corrected chi connectivity index (χ4v) is 5.90. The average molecular weight is 472 g/mol. The number of hydrogen-bond acceptors (Lipinski definition) is 11. The molecule has 5 unspecified atom stereocenters. The zero-order valence-electron chi connectivity index (χ0n) is 20.4. The molecule has 7 N–H and O–H groups in total. The van der Waals surface area contributed by atoms with Gasteiger partial charge in [-0.05, 0) is 39.3 Å². The van der Waals surface area contributed by atoms with Crippen LogP contribution >= 0.6 is 0 Å². The molecule has 0 spiro atoms. The molecule has 4 rings (SSSR count). The summed E-state index contributed by atoms with van der Waals surface area (Å²) in [7, 11) is 6.05. The van der Waals surface area contributed by atoms with Gasteiger partial charge in [0.15, 0.2) is 0 Å². The summed E-state index contributed by atoms with van der Waals surface area (Å²) in [4.78, 5) is 6.61. The molecule has 3 heterocycles. The second-order valence-electron chi connectivity index (χ2n) is 10.4. The van der Waals surface area contributed by atoms with Crippen molar-refractivity contribution >= 4 is 0 Å². The zero-order chi connectivity index (χ0) is 23.5. The molecule has 11 nitrogen and oxygen atoms in total. The lowest BCUT2D eigenvalue weighted by Crippen LogP contribution is -2.68. The van der Waals surface area contributed by atoms with Gasteiger partial charge < -0.3 is 35.2 Å². The second-order valence-corrected chi connectivity index (χ2v) is 10.4. The minimum Gasteiger partial charge on any atom is -0.387 e. The Bertz CT molecular complexity index is 619. The lowest BCUT2D eigenvalue weighted by molar-refractivity contribution is -0.106. The summed E-state index contributed by atoms with van der Waals surface area (Å²) in [6.07, 6.45) is 2.19. The van der Waals surface area contributed by atoms with E-state index in [4.69, 9.17) is 15.2 Å². The van der Waals surface area contributed by atoms with Crippen LogP contribution < -0.4 is 21.7 Å². The fourth-order valence-electron chi connectivity index (χ4n) is 5.90. The van der Waals surface area contributed by atoms with Crippen molar-refractivity contribution in [3.8, 4) is 0 Å². The van der Waals surface area contributed by atoms with Crippen LogP contribution in [0, 0.1) is 5.92 Å². The van der Waals surface area contributed by atoms with Crippen LogP contribution in [-0.2, 0) is 9.47 Å². The third-order valence-electron chi connectivity index (χ3n) is 7.90. The van der Waals surface area contributed by atoms with Crippen LogP contribution in [0.5, 0.6) is 0 Å². The smallest absolute Gasteiger partial charge is 0.142 e. The van der Waals surface area contributed by atoms with Crippen LogP contribution in [0.3, 0.4) is 0 Å². The maximum atomic E-state index is 10.7. The van der Waals surface area contributed by atoms with Crippen molar-refractivity contribution < 1.29 is 19.7 Å². The Morgan fingerprint density at radius 2 is 1.82 bits per heavy atom. The molecule has 192 valence electrons. The summed E-state index contributed by atoms with van der Waals surface area (Å²) in [5.41, 5.74) is 6.16. The van der Waals surface area contributed by atoms with E-state index < -0.39 is 24.5 Å². The minimum absolute atomic E-state index is 0.0206. The lowest BCUT2D eigenvalue weighted by atomic mass is 9.87.